The summed E-state index contributed by atoms with van der Waals surface area (Å²) in [5, 5.41) is 2.77. The van der Waals surface area contributed by atoms with Gasteiger partial charge in [-0.25, -0.2) is 0 Å². The number of hydrogen-bond donors (Lipinski definition) is 1. The summed E-state index contributed by atoms with van der Waals surface area (Å²) < 4.78 is 40.5. The summed E-state index contributed by atoms with van der Waals surface area (Å²) in [6.45, 7) is 0.245. The number of carbonyl (C=O) groups is 1. The van der Waals surface area contributed by atoms with Gasteiger partial charge in [0.15, 0.2) is 5.54 Å². The van der Waals surface area contributed by atoms with Crippen LogP contribution in [0.2, 0.25) is 0 Å². The fraction of sp³-hybridized carbons (Fsp3) is 0.462. The highest BCUT2D eigenvalue weighted by molar-refractivity contribution is 5.97. The van der Waals surface area contributed by atoms with E-state index in [9.17, 15) is 18.0 Å². The number of fused-ring (bicyclic) bond motifs is 2. The predicted octanol–water partition coefficient (Wildman–Crippen LogP) is 1.59. The molecular weight excluding hydrogens is 257 g/mol. The fourth-order valence-corrected chi connectivity index (χ4v) is 2.95. The molecule has 1 unspecified atom stereocenters. The van der Waals surface area contributed by atoms with Crippen LogP contribution in [0.1, 0.15) is 15.9 Å². The summed E-state index contributed by atoms with van der Waals surface area (Å²) in [6, 6.07) is 6.55. The molecule has 1 aromatic rings. The Labute approximate surface area is 108 Å². The minimum atomic E-state index is -4.44. The average Bonchev–Trinajstić information content (AvgIpc) is 2.38. The molecule has 0 aliphatic carbocycles. The Morgan fingerprint density at radius 3 is 2.74 bits per heavy atom. The Balaban J connectivity index is 2.15. The summed E-state index contributed by atoms with van der Waals surface area (Å²) in [4.78, 5) is 13.3. The molecule has 1 N–H and O–H groups in total. The lowest BCUT2D eigenvalue weighted by Crippen LogP contribution is -2.72. The Morgan fingerprint density at radius 2 is 2.00 bits per heavy atom. The van der Waals surface area contributed by atoms with E-state index in [-0.39, 0.29) is 19.5 Å². The molecular formula is C13H13F3N2O. The molecule has 1 fully saturated rings. The number of nitrogens with zero attached hydrogens (tertiary/aromatic N) is 1. The van der Waals surface area contributed by atoms with Gasteiger partial charge in [0.25, 0.3) is 5.91 Å². The van der Waals surface area contributed by atoms with Crippen molar-refractivity contribution >= 4 is 5.91 Å². The molecule has 0 saturated carbocycles. The standard InChI is InChI=1S/C13H13F3N2O/c14-13(15,16)12-7-9-3-1-2-4-10(9)11(19)18(12)6-5-17-8-12/h1-4,17H,5-8H2. The van der Waals surface area contributed by atoms with E-state index in [1.807, 2.05) is 0 Å². The highest BCUT2D eigenvalue weighted by atomic mass is 19.4. The second-order valence-corrected chi connectivity index (χ2v) is 5.00. The van der Waals surface area contributed by atoms with Crippen LogP contribution in [0.3, 0.4) is 0 Å². The molecule has 0 aromatic heterocycles. The van der Waals surface area contributed by atoms with Crippen molar-refractivity contribution in [1.29, 1.82) is 0 Å². The minimum Gasteiger partial charge on any atom is -0.321 e. The fourth-order valence-electron chi connectivity index (χ4n) is 2.95. The van der Waals surface area contributed by atoms with Crippen LogP contribution in [-0.4, -0.2) is 42.2 Å². The Hall–Kier alpha value is -1.56. The van der Waals surface area contributed by atoms with E-state index in [0.29, 0.717) is 17.7 Å². The van der Waals surface area contributed by atoms with Crippen LogP contribution >= 0.6 is 0 Å². The average molecular weight is 270 g/mol. The van der Waals surface area contributed by atoms with Crippen molar-refractivity contribution in [3.63, 3.8) is 0 Å². The third-order valence-corrected chi connectivity index (χ3v) is 3.95. The van der Waals surface area contributed by atoms with Crippen molar-refractivity contribution in [2.45, 2.75) is 18.1 Å². The first-order chi connectivity index (χ1) is 8.96. The second-order valence-electron chi connectivity index (χ2n) is 5.00. The molecule has 3 nitrogen and oxygen atoms in total. The van der Waals surface area contributed by atoms with Gasteiger partial charge in [0.05, 0.1) is 0 Å². The molecule has 1 saturated heterocycles. The zero-order chi connectivity index (χ0) is 13.7. The van der Waals surface area contributed by atoms with E-state index >= 15 is 0 Å². The molecule has 0 radical (unpaired) electrons. The van der Waals surface area contributed by atoms with Crippen molar-refractivity contribution in [2.24, 2.45) is 0 Å². The van der Waals surface area contributed by atoms with Gasteiger partial charge in [0.2, 0.25) is 0 Å². The molecule has 102 valence electrons. The number of carbonyl (C=O) groups excluding carboxylic acids is 1. The van der Waals surface area contributed by atoms with E-state index in [0.717, 1.165) is 4.90 Å². The number of hydrogen-bond acceptors (Lipinski definition) is 2. The predicted molar refractivity (Wildman–Crippen MR) is 62.8 cm³/mol. The molecule has 1 aromatic carbocycles. The summed E-state index contributed by atoms with van der Waals surface area (Å²) in [6.07, 6.45) is -4.62. The van der Waals surface area contributed by atoms with Gasteiger partial charge in [0, 0.05) is 31.6 Å². The summed E-state index contributed by atoms with van der Waals surface area (Å²) in [7, 11) is 0. The van der Waals surface area contributed by atoms with Crippen LogP contribution in [0.5, 0.6) is 0 Å². The minimum absolute atomic E-state index is 0.0900. The van der Waals surface area contributed by atoms with Crippen molar-refractivity contribution in [1.82, 2.24) is 10.2 Å². The van der Waals surface area contributed by atoms with Crippen LogP contribution in [-0.2, 0) is 6.42 Å². The number of alkyl halides is 3. The van der Waals surface area contributed by atoms with Crippen LogP contribution in [0.15, 0.2) is 24.3 Å². The third kappa shape index (κ3) is 1.66. The van der Waals surface area contributed by atoms with Gasteiger partial charge in [0.1, 0.15) is 0 Å². The summed E-state index contributed by atoms with van der Waals surface area (Å²) >= 11 is 0. The van der Waals surface area contributed by atoms with Gasteiger partial charge in [-0.05, 0) is 11.6 Å². The van der Waals surface area contributed by atoms with Gasteiger partial charge in [-0.3, -0.25) is 4.79 Å². The molecule has 2 aliphatic heterocycles. The largest absolute Gasteiger partial charge is 0.413 e. The van der Waals surface area contributed by atoms with Gasteiger partial charge in [-0.1, -0.05) is 18.2 Å². The topological polar surface area (TPSA) is 32.3 Å². The van der Waals surface area contributed by atoms with Gasteiger partial charge >= 0.3 is 6.18 Å². The Kier molecular flexibility index (Phi) is 2.60. The number of nitrogens with one attached hydrogen (secondary N) is 1. The van der Waals surface area contributed by atoms with Crippen molar-refractivity contribution < 1.29 is 18.0 Å². The lowest BCUT2D eigenvalue weighted by molar-refractivity contribution is -0.228. The maximum Gasteiger partial charge on any atom is 0.413 e. The number of halogens is 3. The lowest BCUT2D eigenvalue weighted by atomic mass is 9.80. The molecule has 2 aliphatic rings. The van der Waals surface area contributed by atoms with Gasteiger partial charge < -0.3 is 10.2 Å². The van der Waals surface area contributed by atoms with Crippen molar-refractivity contribution in [2.75, 3.05) is 19.6 Å². The van der Waals surface area contributed by atoms with Crippen LogP contribution in [0.4, 0.5) is 13.2 Å². The lowest BCUT2D eigenvalue weighted by Gasteiger charge is -2.50. The maximum absolute atomic E-state index is 13.5. The van der Waals surface area contributed by atoms with Gasteiger partial charge in [-0.15, -0.1) is 0 Å². The van der Waals surface area contributed by atoms with Crippen LogP contribution in [0.25, 0.3) is 0 Å². The zero-order valence-corrected chi connectivity index (χ0v) is 10.1. The molecule has 6 heteroatoms. The third-order valence-electron chi connectivity index (χ3n) is 3.95. The first kappa shape index (κ1) is 12.5. The van der Waals surface area contributed by atoms with Crippen LogP contribution < -0.4 is 5.32 Å². The number of amides is 1. The molecule has 1 amide bonds. The highest BCUT2D eigenvalue weighted by Gasteiger charge is 2.62. The van der Waals surface area contributed by atoms with Crippen molar-refractivity contribution in [3.05, 3.63) is 35.4 Å². The number of rotatable bonds is 0. The summed E-state index contributed by atoms with van der Waals surface area (Å²) in [5.74, 6) is -0.513. The van der Waals surface area contributed by atoms with E-state index in [2.05, 4.69) is 5.32 Å². The first-order valence-corrected chi connectivity index (χ1v) is 6.13. The monoisotopic (exact) mass is 270 g/mol. The van der Waals surface area contributed by atoms with Crippen LogP contribution in [0, 0.1) is 0 Å². The molecule has 19 heavy (non-hydrogen) atoms. The van der Waals surface area contributed by atoms with E-state index < -0.39 is 17.6 Å². The smallest absolute Gasteiger partial charge is 0.321 e. The molecule has 2 heterocycles. The van der Waals surface area contributed by atoms with E-state index in [1.54, 1.807) is 24.3 Å². The summed E-state index contributed by atoms with van der Waals surface area (Å²) in [5.41, 5.74) is -1.23. The molecule has 0 spiro atoms. The second kappa shape index (κ2) is 3.96. The molecule has 3 rings (SSSR count). The number of piperazine rings is 1. The zero-order valence-electron chi connectivity index (χ0n) is 10.1. The van der Waals surface area contributed by atoms with Crippen molar-refractivity contribution in [3.8, 4) is 0 Å². The van der Waals surface area contributed by atoms with E-state index in [4.69, 9.17) is 0 Å². The Morgan fingerprint density at radius 1 is 1.26 bits per heavy atom. The molecule has 1 atom stereocenters. The van der Waals surface area contributed by atoms with Gasteiger partial charge in [-0.2, -0.15) is 13.2 Å². The first-order valence-electron chi connectivity index (χ1n) is 6.13. The SMILES string of the molecule is O=C1c2ccccc2CC2(C(F)(F)F)CNCCN12. The highest BCUT2D eigenvalue weighted by Crippen LogP contribution is 2.43. The van der Waals surface area contributed by atoms with E-state index in [1.165, 1.54) is 0 Å². The molecule has 0 bridgehead atoms. The normalized spacial score (nSPS) is 26.9. The maximum atomic E-state index is 13.5. The Bertz CT molecular complexity index is 529. The number of benzene rings is 1. The quantitative estimate of drug-likeness (QED) is 0.776.